The van der Waals surface area contributed by atoms with Crippen LogP contribution in [0.5, 0.6) is 0 Å². The molecule has 0 aromatic rings. The SMILES string of the molecule is CC[NH+](CC)CC.CC[NH+](CC)CC.[S-2]. The molecule has 0 aliphatic rings. The molecular formula is C12H32N2S. The van der Waals surface area contributed by atoms with Crippen molar-refractivity contribution in [1.82, 2.24) is 0 Å². The molecule has 2 nitrogen and oxygen atoms in total. The van der Waals surface area contributed by atoms with Crippen molar-refractivity contribution in [2.75, 3.05) is 39.3 Å². The molecule has 0 aliphatic carbocycles. The van der Waals surface area contributed by atoms with Gasteiger partial charge < -0.3 is 23.3 Å². The first kappa shape index (κ1) is 20.7. The maximum absolute atomic E-state index is 2.22. The first-order valence-electron chi connectivity index (χ1n) is 6.36. The van der Waals surface area contributed by atoms with Gasteiger partial charge in [0.15, 0.2) is 0 Å². The van der Waals surface area contributed by atoms with Gasteiger partial charge in [0.2, 0.25) is 0 Å². The van der Waals surface area contributed by atoms with Gasteiger partial charge in [0.1, 0.15) is 0 Å². The molecule has 3 heteroatoms. The second-order valence-corrected chi connectivity index (χ2v) is 3.62. The third-order valence-electron chi connectivity index (χ3n) is 3.00. The average Bonchev–Trinajstić information content (AvgIpc) is 2.24. The Morgan fingerprint density at radius 2 is 0.600 bits per heavy atom. The van der Waals surface area contributed by atoms with Crippen molar-refractivity contribution in [1.29, 1.82) is 0 Å². The molecule has 0 heterocycles. The van der Waals surface area contributed by atoms with E-state index in [-0.39, 0.29) is 13.5 Å². The predicted octanol–water partition coefficient (Wildman–Crippen LogP) is -0.140. The summed E-state index contributed by atoms with van der Waals surface area (Å²) in [6.07, 6.45) is 0. The highest BCUT2D eigenvalue weighted by molar-refractivity contribution is 7.37. The van der Waals surface area contributed by atoms with Gasteiger partial charge in [0.25, 0.3) is 0 Å². The number of nitrogens with one attached hydrogen (secondary N) is 2. The summed E-state index contributed by atoms with van der Waals surface area (Å²) in [4.78, 5) is 3.36. The molecule has 0 aliphatic heterocycles. The van der Waals surface area contributed by atoms with Crippen LogP contribution in [0.25, 0.3) is 0 Å². The van der Waals surface area contributed by atoms with Crippen LogP contribution in [0.15, 0.2) is 0 Å². The maximum atomic E-state index is 2.22. The van der Waals surface area contributed by atoms with Crippen LogP contribution in [0, 0.1) is 0 Å². The fraction of sp³-hybridized carbons (Fsp3) is 1.00. The highest BCUT2D eigenvalue weighted by atomic mass is 32.1. The molecule has 0 amide bonds. The molecule has 0 saturated heterocycles. The van der Waals surface area contributed by atoms with E-state index in [0.717, 1.165) is 0 Å². The lowest BCUT2D eigenvalue weighted by molar-refractivity contribution is -0.894. The Hall–Kier alpha value is 0.270. The van der Waals surface area contributed by atoms with Crippen molar-refractivity contribution in [3.05, 3.63) is 0 Å². The topological polar surface area (TPSA) is 8.88 Å². The van der Waals surface area contributed by atoms with Crippen molar-refractivity contribution in [3.63, 3.8) is 0 Å². The largest absolute Gasteiger partial charge is 2.00 e. The standard InChI is InChI=1S/2C6H15N.S/c2*1-4-7(5-2)6-3;/h2*4-6H2,1-3H3;/q;;-2/p+2. The van der Waals surface area contributed by atoms with Crippen LogP contribution in [-0.2, 0) is 13.5 Å². The van der Waals surface area contributed by atoms with E-state index in [1.165, 1.54) is 39.3 Å². The predicted molar refractivity (Wildman–Crippen MR) is 72.5 cm³/mol. The van der Waals surface area contributed by atoms with Gasteiger partial charge in [-0.1, -0.05) is 0 Å². The minimum Gasteiger partial charge on any atom is -2.00 e. The summed E-state index contributed by atoms with van der Waals surface area (Å²) in [6.45, 7) is 21.0. The van der Waals surface area contributed by atoms with Crippen LogP contribution in [0.3, 0.4) is 0 Å². The van der Waals surface area contributed by atoms with Gasteiger partial charge in [-0.2, -0.15) is 0 Å². The van der Waals surface area contributed by atoms with E-state index in [9.17, 15) is 0 Å². The zero-order chi connectivity index (χ0) is 11.4. The number of rotatable bonds is 6. The van der Waals surface area contributed by atoms with E-state index in [1.807, 2.05) is 0 Å². The summed E-state index contributed by atoms with van der Waals surface area (Å²) < 4.78 is 0. The van der Waals surface area contributed by atoms with Crippen LogP contribution in [0.1, 0.15) is 41.5 Å². The summed E-state index contributed by atoms with van der Waals surface area (Å²) in [5.41, 5.74) is 0. The molecule has 0 aromatic carbocycles. The molecule has 2 N–H and O–H groups in total. The average molecular weight is 236 g/mol. The van der Waals surface area contributed by atoms with Gasteiger partial charge in [-0.15, -0.1) is 0 Å². The molecule has 0 spiro atoms. The summed E-state index contributed by atoms with van der Waals surface area (Å²) in [5.74, 6) is 0. The Balaban J connectivity index is -0.000000180. The molecule has 0 fully saturated rings. The van der Waals surface area contributed by atoms with Crippen LogP contribution in [-0.4, -0.2) is 39.3 Å². The highest BCUT2D eigenvalue weighted by Gasteiger charge is 1.93. The van der Waals surface area contributed by atoms with Crippen LogP contribution in [0.2, 0.25) is 0 Å². The van der Waals surface area contributed by atoms with Crippen molar-refractivity contribution < 1.29 is 9.80 Å². The second-order valence-electron chi connectivity index (χ2n) is 3.62. The van der Waals surface area contributed by atoms with Crippen LogP contribution >= 0.6 is 0 Å². The van der Waals surface area contributed by atoms with Gasteiger partial charge >= 0.3 is 0 Å². The van der Waals surface area contributed by atoms with Crippen LogP contribution < -0.4 is 9.80 Å². The summed E-state index contributed by atoms with van der Waals surface area (Å²) >= 11 is 0. The van der Waals surface area contributed by atoms with Crippen molar-refractivity contribution in [2.24, 2.45) is 0 Å². The lowest BCUT2D eigenvalue weighted by atomic mass is 10.5. The Morgan fingerprint density at radius 1 is 0.467 bits per heavy atom. The molecule has 96 valence electrons. The van der Waals surface area contributed by atoms with E-state index >= 15 is 0 Å². The lowest BCUT2D eigenvalue weighted by Crippen LogP contribution is -3.11. The Kier molecular flexibility index (Phi) is 23.0. The molecule has 0 saturated carbocycles. The fourth-order valence-electron chi connectivity index (χ4n) is 1.50. The van der Waals surface area contributed by atoms with Crippen LogP contribution in [0.4, 0.5) is 0 Å². The number of hydrogen-bond acceptors (Lipinski definition) is 0. The molecule has 0 atom stereocenters. The van der Waals surface area contributed by atoms with Crippen molar-refractivity contribution in [2.45, 2.75) is 41.5 Å². The summed E-state index contributed by atoms with van der Waals surface area (Å²) in [6, 6.07) is 0. The molecule has 15 heavy (non-hydrogen) atoms. The van der Waals surface area contributed by atoms with E-state index in [1.54, 1.807) is 9.80 Å². The van der Waals surface area contributed by atoms with E-state index in [0.29, 0.717) is 0 Å². The molecule has 0 aromatic heterocycles. The minimum absolute atomic E-state index is 0. The van der Waals surface area contributed by atoms with E-state index in [2.05, 4.69) is 41.5 Å². The van der Waals surface area contributed by atoms with Gasteiger partial charge in [0.05, 0.1) is 39.3 Å². The summed E-state index contributed by atoms with van der Waals surface area (Å²) in [5, 5.41) is 0. The Labute approximate surface area is 104 Å². The maximum Gasteiger partial charge on any atom is 0.0742 e. The first-order valence-corrected chi connectivity index (χ1v) is 6.36. The minimum atomic E-state index is 0. The molecular weight excluding hydrogens is 204 g/mol. The van der Waals surface area contributed by atoms with Gasteiger partial charge in [0, 0.05) is 0 Å². The number of quaternary nitrogens is 2. The van der Waals surface area contributed by atoms with E-state index in [4.69, 9.17) is 0 Å². The fourth-order valence-corrected chi connectivity index (χ4v) is 1.50. The Bertz CT molecular complexity index is 68.6. The smallest absolute Gasteiger partial charge is 0.0742 e. The second kappa shape index (κ2) is 16.7. The molecule has 0 rings (SSSR count). The van der Waals surface area contributed by atoms with E-state index < -0.39 is 0 Å². The molecule has 0 radical (unpaired) electrons. The third-order valence-corrected chi connectivity index (χ3v) is 3.00. The molecule has 0 bridgehead atoms. The van der Waals surface area contributed by atoms with Crippen molar-refractivity contribution in [3.8, 4) is 0 Å². The van der Waals surface area contributed by atoms with Gasteiger partial charge in [-0.25, -0.2) is 0 Å². The third kappa shape index (κ3) is 14.3. The molecule has 0 unspecified atom stereocenters. The van der Waals surface area contributed by atoms with Gasteiger partial charge in [-0.3, -0.25) is 0 Å². The monoisotopic (exact) mass is 236 g/mol. The Morgan fingerprint density at radius 3 is 0.600 bits per heavy atom. The van der Waals surface area contributed by atoms with Crippen molar-refractivity contribution >= 4 is 13.5 Å². The lowest BCUT2D eigenvalue weighted by Gasteiger charge is -2.10. The highest BCUT2D eigenvalue weighted by Crippen LogP contribution is 1.46. The quantitative estimate of drug-likeness (QED) is 0.635. The normalized spacial score (nSPS) is 9.60. The summed E-state index contributed by atoms with van der Waals surface area (Å²) in [7, 11) is 0. The first-order chi connectivity index (χ1) is 6.69. The zero-order valence-corrected chi connectivity index (χ0v) is 12.5. The van der Waals surface area contributed by atoms with Gasteiger partial charge in [-0.05, 0) is 41.5 Å². The number of hydrogen-bond donors (Lipinski definition) is 2. The zero-order valence-electron chi connectivity index (χ0n) is 11.7.